The standard InChI is InChI=1S/C81H62N2O2/c1-47-22-9-15-36-69(47)82(71-38-20-30-58-56-28-18-34-64(79(3,4)5)75(56)84-77(58)71)49-40-42-53-54-43-41-50(83(70-37-16-10-23-48(70)2)72-39-21-31-59-57-29-19-35-65(80(6,7)8)76(57)85-78(59)72)45-67(54)81(66(53)44-49)63-33-14-13-26-60(63)74-61-32-17-27-55-51-24-11-12-25-52(51)62(73(55)61)46-68(74)81/h9-46H,1-8H3. The molecule has 408 valence electrons. The summed E-state index contributed by atoms with van der Waals surface area (Å²) in [6, 6.07) is 86.6. The van der Waals surface area contributed by atoms with Crippen molar-refractivity contribution in [3.63, 3.8) is 0 Å². The van der Waals surface area contributed by atoms with Gasteiger partial charge in [0.05, 0.1) is 16.8 Å². The van der Waals surface area contributed by atoms with Crippen LogP contribution >= 0.6 is 0 Å². The normalized spacial score (nSPS) is 13.5. The molecule has 0 fully saturated rings. The number of para-hydroxylation sites is 6. The average molecular weight is 1100 g/mol. The fraction of sp³-hybridized carbons (Fsp3) is 0.136. The minimum absolute atomic E-state index is 0.123. The van der Waals surface area contributed by atoms with Crippen LogP contribution in [0.1, 0.15) is 86.1 Å². The Morgan fingerprint density at radius 3 is 1.24 bits per heavy atom. The Labute approximate surface area is 495 Å². The maximum atomic E-state index is 7.26. The largest absolute Gasteiger partial charge is 0.454 e. The zero-order chi connectivity index (χ0) is 57.4. The summed E-state index contributed by atoms with van der Waals surface area (Å²) in [6.07, 6.45) is 0. The molecule has 2 heterocycles. The molecular weight excluding hydrogens is 1030 g/mol. The van der Waals surface area contributed by atoms with Crippen LogP contribution in [0.5, 0.6) is 0 Å². The molecule has 4 heteroatoms. The molecule has 3 aliphatic carbocycles. The van der Waals surface area contributed by atoms with Gasteiger partial charge in [0.25, 0.3) is 0 Å². The molecule has 4 nitrogen and oxygen atoms in total. The Morgan fingerprint density at radius 1 is 0.306 bits per heavy atom. The molecule has 0 unspecified atom stereocenters. The van der Waals surface area contributed by atoms with Crippen molar-refractivity contribution in [1.29, 1.82) is 0 Å². The van der Waals surface area contributed by atoms with Crippen molar-refractivity contribution in [3.05, 3.63) is 275 Å². The first-order chi connectivity index (χ1) is 41.3. The number of hydrogen-bond acceptors (Lipinski definition) is 4. The van der Waals surface area contributed by atoms with Crippen LogP contribution in [0.3, 0.4) is 0 Å². The molecule has 0 atom stereocenters. The summed E-state index contributed by atoms with van der Waals surface area (Å²) >= 11 is 0. The smallest absolute Gasteiger partial charge is 0.159 e. The van der Waals surface area contributed by atoms with E-state index in [1.807, 2.05) is 0 Å². The average Bonchev–Trinajstić information content (AvgIpc) is 1.52. The van der Waals surface area contributed by atoms with Crippen LogP contribution in [-0.2, 0) is 16.2 Å². The van der Waals surface area contributed by atoms with Gasteiger partial charge in [0.2, 0.25) is 0 Å². The van der Waals surface area contributed by atoms with Gasteiger partial charge in [-0.25, -0.2) is 0 Å². The van der Waals surface area contributed by atoms with Crippen molar-refractivity contribution in [3.8, 4) is 44.5 Å². The van der Waals surface area contributed by atoms with E-state index in [2.05, 4.69) is 296 Å². The lowest BCUT2D eigenvalue weighted by molar-refractivity contribution is 0.572. The van der Waals surface area contributed by atoms with E-state index in [0.29, 0.717) is 0 Å². The number of benzene rings is 12. The van der Waals surface area contributed by atoms with E-state index in [1.54, 1.807) is 0 Å². The van der Waals surface area contributed by atoms with Gasteiger partial charge in [0.15, 0.2) is 11.2 Å². The van der Waals surface area contributed by atoms with E-state index < -0.39 is 5.41 Å². The fourth-order valence-electron chi connectivity index (χ4n) is 15.4. The predicted molar refractivity (Wildman–Crippen MR) is 355 cm³/mol. The molecule has 0 radical (unpaired) electrons. The van der Waals surface area contributed by atoms with Gasteiger partial charge in [-0.2, -0.15) is 0 Å². The van der Waals surface area contributed by atoms with Gasteiger partial charge >= 0.3 is 0 Å². The summed E-state index contributed by atoms with van der Waals surface area (Å²) in [6.45, 7) is 18.1. The third-order valence-corrected chi connectivity index (χ3v) is 19.1. The summed E-state index contributed by atoms with van der Waals surface area (Å²) in [5.74, 6) is 0. The molecule has 2 aromatic heterocycles. The van der Waals surface area contributed by atoms with Crippen molar-refractivity contribution < 1.29 is 8.83 Å². The Kier molecular flexibility index (Phi) is 10.3. The molecule has 0 bridgehead atoms. The topological polar surface area (TPSA) is 32.8 Å². The summed E-state index contributed by atoms with van der Waals surface area (Å²) in [7, 11) is 0. The van der Waals surface area contributed by atoms with Crippen molar-refractivity contribution in [2.24, 2.45) is 0 Å². The highest BCUT2D eigenvalue weighted by molar-refractivity contribution is 6.21. The Balaban J connectivity index is 0.973. The first-order valence-corrected chi connectivity index (χ1v) is 30.0. The minimum Gasteiger partial charge on any atom is -0.454 e. The molecule has 12 aromatic carbocycles. The van der Waals surface area contributed by atoms with Crippen molar-refractivity contribution >= 4 is 88.8 Å². The molecular formula is C81H62N2O2. The number of rotatable bonds is 6. The summed E-state index contributed by atoms with van der Waals surface area (Å²) in [5, 5.41) is 7.07. The molecule has 14 aromatic rings. The molecule has 1 spiro atoms. The third-order valence-electron chi connectivity index (χ3n) is 19.1. The third kappa shape index (κ3) is 6.79. The van der Waals surface area contributed by atoms with E-state index in [-0.39, 0.29) is 10.8 Å². The van der Waals surface area contributed by atoms with Crippen molar-refractivity contribution in [2.45, 2.75) is 71.6 Å². The number of anilines is 6. The lowest BCUT2D eigenvalue weighted by Crippen LogP contribution is -2.27. The summed E-state index contributed by atoms with van der Waals surface area (Å²) < 4.78 is 14.5. The predicted octanol–water partition coefficient (Wildman–Crippen LogP) is 22.8. The molecule has 0 saturated heterocycles. The SMILES string of the molecule is Cc1ccccc1N(c1ccc2c(c1)C1(c3cc(N(c4ccccc4C)c4cccc5c4oc4c(C(C)(C)C)cccc45)ccc3-2)c2ccccc2-c2c1cc1c3c(cccc23)-c2ccccc2-1)c1cccc2c1oc1c(C(C)(C)C)cccc12. The van der Waals surface area contributed by atoms with Gasteiger partial charge in [0, 0.05) is 55.4 Å². The highest BCUT2D eigenvalue weighted by Gasteiger charge is 2.53. The lowest BCUT2D eigenvalue weighted by atomic mass is 9.70. The highest BCUT2D eigenvalue weighted by atomic mass is 16.3. The Bertz CT molecular complexity index is 4980. The zero-order valence-corrected chi connectivity index (χ0v) is 49.2. The van der Waals surface area contributed by atoms with E-state index in [1.165, 1.54) is 99.8 Å². The second-order valence-electron chi connectivity index (χ2n) is 26.0. The zero-order valence-electron chi connectivity index (χ0n) is 49.2. The molecule has 17 rings (SSSR count). The molecule has 0 amide bonds. The minimum atomic E-state index is -0.768. The summed E-state index contributed by atoms with van der Waals surface area (Å²) in [5.41, 5.74) is 28.9. The van der Waals surface area contributed by atoms with Crippen LogP contribution in [-0.4, -0.2) is 0 Å². The van der Waals surface area contributed by atoms with E-state index in [9.17, 15) is 0 Å². The Morgan fingerprint density at radius 2 is 0.718 bits per heavy atom. The van der Waals surface area contributed by atoms with E-state index >= 15 is 0 Å². The number of aryl methyl sites for hydroxylation is 2. The summed E-state index contributed by atoms with van der Waals surface area (Å²) in [4.78, 5) is 4.92. The second kappa shape index (κ2) is 17.6. The van der Waals surface area contributed by atoms with Crippen molar-refractivity contribution in [2.75, 3.05) is 9.80 Å². The number of hydrogen-bond donors (Lipinski definition) is 0. The van der Waals surface area contributed by atoms with Crippen LogP contribution in [0.25, 0.3) is 99.2 Å². The second-order valence-corrected chi connectivity index (χ2v) is 26.0. The molecule has 85 heavy (non-hydrogen) atoms. The monoisotopic (exact) mass is 1090 g/mol. The van der Waals surface area contributed by atoms with Crippen LogP contribution in [0, 0.1) is 13.8 Å². The van der Waals surface area contributed by atoms with Gasteiger partial charge in [-0.1, -0.05) is 217 Å². The maximum Gasteiger partial charge on any atom is 0.159 e. The number of nitrogens with zero attached hydrogens (tertiary/aromatic N) is 2. The quantitative estimate of drug-likeness (QED) is 0.166. The van der Waals surface area contributed by atoms with Gasteiger partial charge in [0.1, 0.15) is 11.2 Å². The van der Waals surface area contributed by atoms with Gasteiger partial charge < -0.3 is 18.6 Å². The highest BCUT2D eigenvalue weighted by Crippen LogP contribution is 2.67. The fourth-order valence-corrected chi connectivity index (χ4v) is 15.4. The van der Waals surface area contributed by atoms with Gasteiger partial charge in [-0.15, -0.1) is 0 Å². The van der Waals surface area contributed by atoms with Gasteiger partial charge in [-0.05, 0) is 168 Å². The lowest BCUT2D eigenvalue weighted by Gasteiger charge is -2.34. The van der Waals surface area contributed by atoms with E-state index in [0.717, 1.165) is 78.0 Å². The van der Waals surface area contributed by atoms with Crippen molar-refractivity contribution in [1.82, 2.24) is 0 Å². The van der Waals surface area contributed by atoms with Crippen LogP contribution in [0.15, 0.2) is 239 Å². The first kappa shape index (κ1) is 49.7. The van der Waals surface area contributed by atoms with Gasteiger partial charge in [-0.3, -0.25) is 0 Å². The number of furan rings is 2. The molecule has 0 saturated carbocycles. The van der Waals surface area contributed by atoms with Crippen LogP contribution in [0.4, 0.5) is 34.1 Å². The molecule has 0 aliphatic heterocycles. The molecule has 0 N–H and O–H groups in total. The van der Waals surface area contributed by atoms with Crippen LogP contribution in [0.2, 0.25) is 0 Å². The maximum absolute atomic E-state index is 7.26. The van der Waals surface area contributed by atoms with E-state index in [4.69, 9.17) is 8.83 Å². The first-order valence-electron chi connectivity index (χ1n) is 30.0. The Hall–Kier alpha value is -9.90. The molecule has 3 aliphatic rings. The van der Waals surface area contributed by atoms with Crippen LogP contribution < -0.4 is 9.80 Å². The number of fused-ring (bicyclic) bond motifs is 20.